The number of hydrogen-bond acceptors (Lipinski definition) is 4. The van der Waals surface area contributed by atoms with E-state index in [4.69, 9.17) is 9.47 Å². The Morgan fingerprint density at radius 2 is 1.96 bits per heavy atom. The lowest BCUT2D eigenvalue weighted by Crippen LogP contribution is -2.39. The number of carbonyl (C=O) groups is 1. The Bertz CT molecular complexity index is 468. The summed E-state index contributed by atoms with van der Waals surface area (Å²) in [5.74, 6) is 0. The lowest BCUT2D eigenvalue weighted by atomic mass is 10.3. The molecule has 0 spiro atoms. The summed E-state index contributed by atoms with van der Waals surface area (Å²) < 4.78 is 11.8. The Hall–Kier alpha value is -0.900. The molecule has 2 amide bonds. The Kier molecular flexibility index (Phi) is 9.46. The molecule has 130 valence electrons. The molecule has 7 heteroatoms. The van der Waals surface area contributed by atoms with Crippen molar-refractivity contribution in [1.29, 1.82) is 0 Å². The molecule has 1 rings (SSSR count). The van der Waals surface area contributed by atoms with E-state index >= 15 is 0 Å². The van der Waals surface area contributed by atoms with Crippen LogP contribution >= 0.6 is 22.6 Å². The summed E-state index contributed by atoms with van der Waals surface area (Å²) in [5.41, 5.74) is 0.721. The predicted octanol–water partition coefficient (Wildman–Crippen LogP) is 2.56. The van der Waals surface area contributed by atoms with Gasteiger partial charge in [0, 0.05) is 16.3 Å². The Morgan fingerprint density at radius 3 is 2.57 bits per heavy atom. The number of aliphatic hydroxyl groups is 1. The van der Waals surface area contributed by atoms with Crippen LogP contribution in [0.5, 0.6) is 0 Å². The normalized spacial score (nSPS) is 12.3. The maximum absolute atomic E-state index is 12.0. The smallest absolute Gasteiger partial charge is 0.321 e. The van der Waals surface area contributed by atoms with Gasteiger partial charge in [-0.25, -0.2) is 4.79 Å². The summed E-state index contributed by atoms with van der Waals surface area (Å²) in [7, 11) is 1.63. The average molecular weight is 436 g/mol. The van der Waals surface area contributed by atoms with Crippen LogP contribution in [0.4, 0.5) is 10.5 Å². The Labute approximate surface area is 151 Å². The maximum Gasteiger partial charge on any atom is 0.321 e. The van der Waals surface area contributed by atoms with Crippen molar-refractivity contribution in [3.05, 3.63) is 27.8 Å². The summed E-state index contributed by atoms with van der Waals surface area (Å²) in [6, 6.07) is 7.23. The summed E-state index contributed by atoms with van der Waals surface area (Å²) in [6.45, 7) is 5.19. The largest absolute Gasteiger partial charge is 0.389 e. The molecule has 1 atom stereocenters. The second kappa shape index (κ2) is 10.8. The molecule has 1 aromatic carbocycles. The lowest BCUT2D eigenvalue weighted by Gasteiger charge is -2.21. The Morgan fingerprint density at radius 1 is 1.30 bits per heavy atom. The standard InChI is InChI=1S/C16H25IN2O4/c1-12(2)23-9-8-22-11-15(20)10-19(3)16(21)18-14-6-4-13(17)5-7-14/h4-7,12,15,20H,8-11H2,1-3H3,(H,18,21). The molecule has 1 unspecified atom stereocenters. The maximum atomic E-state index is 12.0. The zero-order valence-corrected chi connectivity index (χ0v) is 15.9. The van der Waals surface area contributed by atoms with Crippen LogP contribution in [0, 0.1) is 3.57 Å². The first-order valence-corrected chi connectivity index (χ1v) is 8.61. The molecule has 23 heavy (non-hydrogen) atoms. The van der Waals surface area contributed by atoms with E-state index in [2.05, 4.69) is 27.9 Å². The van der Waals surface area contributed by atoms with Crippen molar-refractivity contribution in [2.24, 2.45) is 0 Å². The predicted molar refractivity (Wildman–Crippen MR) is 98.7 cm³/mol. The number of likely N-dealkylation sites (N-methyl/N-ethyl adjacent to an activating group) is 1. The Balaban J connectivity index is 2.24. The van der Waals surface area contributed by atoms with Crippen LogP contribution in [0.1, 0.15) is 13.8 Å². The second-order valence-electron chi connectivity index (χ2n) is 5.47. The minimum absolute atomic E-state index is 0.166. The van der Waals surface area contributed by atoms with Gasteiger partial charge in [0.25, 0.3) is 0 Å². The van der Waals surface area contributed by atoms with E-state index in [1.165, 1.54) is 4.90 Å². The minimum atomic E-state index is -0.735. The number of carbonyl (C=O) groups excluding carboxylic acids is 1. The van der Waals surface area contributed by atoms with Crippen LogP contribution in [-0.4, -0.2) is 61.7 Å². The molecule has 0 fully saturated rings. The summed E-state index contributed by atoms with van der Waals surface area (Å²) in [5, 5.41) is 12.7. The van der Waals surface area contributed by atoms with E-state index in [1.54, 1.807) is 7.05 Å². The number of hydrogen-bond donors (Lipinski definition) is 2. The topological polar surface area (TPSA) is 71.0 Å². The first kappa shape index (κ1) is 20.1. The van der Waals surface area contributed by atoms with Crippen molar-refractivity contribution in [1.82, 2.24) is 4.90 Å². The molecule has 0 aliphatic heterocycles. The van der Waals surface area contributed by atoms with Gasteiger partial charge in [-0.2, -0.15) is 0 Å². The van der Waals surface area contributed by atoms with Crippen molar-refractivity contribution < 1.29 is 19.4 Å². The SMILES string of the molecule is CC(C)OCCOCC(O)CN(C)C(=O)Nc1ccc(I)cc1. The highest BCUT2D eigenvalue weighted by Gasteiger charge is 2.14. The van der Waals surface area contributed by atoms with Crippen LogP contribution in [0.2, 0.25) is 0 Å². The highest BCUT2D eigenvalue weighted by Crippen LogP contribution is 2.11. The number of ether oxygens (including phenoxy) is 2. The number of nitrogens with one attached hydrogen (secondary N) is 1. The van der Waals surface area contributed by atoms with Crippen LogP contribution in [0.25, 0.3) is 0 Å². The third kappa shape index (κ3) is 9.09. The third-order valence-corrected chi connectivity index (χ3v) is 3.64. The zero-order valence-electron chi connectivity index (χ0n) is 13.8. The minimum Gasteiger partial charge on any atom is -0.389 e. The molecule has 0 radical (unpaired) electrons. The van der Waals surface area contributed by atoms with Crippen LogP contribution in [-0.2, 0) is 9.47 Å². The molecular weight excluding hydrogens is 411 g/mol. The van der Waals surface area contributed by atoms with Gasteiger partial charge in [0.1, 0.15) is 0 Å². The molecule has 0 aromatic heterocycles. The van der Waals surface area contributed by atoms with Crippen molar-refractivity contribution in [3.63, 3.8) is 0 Å². The number of amides is 2. The van der Waals surface area contributed by atoms with E-state index in [0.717, 1.165) is 9.26 Å². The third-order valence-electron chi connectivity index (χ3n) is 2.92. The molecular formula is C16H25IN2O4. The number of nitrogens with zero attached hydrogens (tertiary/aromatic N) is 1. The number of anilines is 1. The van der Waals surface area contributed by atoms with Crippen molar-refractivity contribution in [3.8, 4) is 0 Å². The van der Waals surface area contributed by atoms with Crippen molar-refractivity contribution in [2.75, 3.05) is 38.7 Å². The molecule has 0 aliphatic carbocycles. The molecule has 0 saturated carbocycles. The second-order valence-corrected chi connectivity index (χ2v) is 6.71. The first-order chi connectivity index (χ1) is 10.9. The molecule has 0 bridgehead atoms. The van der Waals surface area contributed by atoms with Gasteiger partial charge in [0.05, 0.1) is 38.6 Å². The van der Waals surface area contributed by atoms with Crippen LogP contribution in [0.3, 0.4) is 0 Å². The molecule has 0 saturated heterocycles. The fourth-order valence-electron chi connectivity index (χ4n) is 1.77. The molecule has 2 N–H and O–H groups in total. The number of urea groups is 1. The van der Waals surface area contributed by atoms with E-state index in [0.29, 0.717) is 13.2 Å². The fraction of sp³-hybridized carbons (Fsp3) is 0.562. The molecule has 6 nitrogen and oxygen atoms in total. The highest BCUT2D eigenvalue weighted by atomic mass is 127. The van der Waals surface area contributed by atoms with E-state index < -0.39 is 6.10 Å². The first-order valence-electron chi connectivity index (χ1n) is 7.53. The number of halogens is 1. The number of rotatable bonds is 9. The number of benzene rings is 1. The van der Waals surface area contributed by atoms with Gasteiger partial charge in [-0.1, -0.05) is 0 Å². The lowest BCUT2D eigenvalue weighted by molar-refractivity contribution is -0.0144. The molecule has 1 aromatic rings. The van der Waals surface area contributed by atoms with Gasteiger partial charge >= 0.3 is 6.03 Å². The molecule has 0 aliphatic rings. The van der Waals surface area contributed by atoms with Crippen molar-refractivity contribution >= 4 is 34.3 Å². The molecule has 0 heterocycles. The van der Waals surface area contributed by atoms with Gasteiger partial charge in [-0.05, 0) is 60.7 Å². The monoisotopic (exact) mass is 436 g/mol. The van der Waals surface area contributed by atoms with E-state index in [-0.39, 0.29) is 25.3 Å². The van der Waals surface area contributed by atoms with Gasteiger partial charge < -0.3 is 24.8 Å². The fourth-order valence-corrected chi connectivity index (χ4v) is 2.13. The van der Waals surface area contributed by atoms with Gasteiger partial charge in [-0.15, -0.1) is 0 Å². The zero-order chi connectivity index (χ0) is 17.2. The van der Waals surface area contributed by atoms with Gasteiger partial charge in [-0.3, -0.25) is 0 Å². The van der Waals surface area contributed by atoms with Gasteiger partial charge in [0.15, 0.2) is 0 Å². The average Bonchev–Trinajstić information content (AvgIpc) is 2.48. The van der Waals surface area contributed by atoms with Crippen molar-refractivity contribution in [2.45, 2.75) is 26.1 Å². The number of aliphatic hydroxyl groups excluding tert-OH is 1. The van der Waals surface area contributed by atoms with Crippen LogP contribution < -0.4 is 5.32 Å². The summed E-state index contributed by atoms with van der Waals surface area (Å²) >= 11 is 2.20. The summed E-state index contributed by atoms with van der Waals surface area (Å²) in [6.07, 6.45) is -0.568. The highest BCUT2D eigenvalue weighted by molar-refractivity contribution is 14.1. The quantitative estimate of drug-likeness (QED) is 0.461. The van der Waals surface area contributed by atoms with E-state index in [1.807, 2.05) is 38.1 Å². The van der Waals surface area contributed by atoms with E-state index in [9.17, 15) is 9.90 Å². The summed E-state index contributed by atoms with van der Waals surface area (Å²) in [4.78, 5) is 13.5. The van der Waals surface area contributed by atoms with Gasteiger partial charge in [0.2, 0.25) is 0 Å². The van der Waals surface area contributed by atoms with Crippen LogP contribution in [0.15, 0.2) is 24.3 Å².